The summed E-state index contributed by atoms with van der Waals surface area (Å²) in [5.74, 6) is 0. The van der Waals surface area contributed by atoms with Crippen LogP contribution in [0.5, 0.6) is 0 Å². The SMILES string of the molecule is C=C(CN1CCCOCC1)[B-](F)(F)F. The van der Waals surface area contributed by atoms with Crippen molar-refractivity contribution in [1.82, 2.24) is 4.90 Å². The number of hydrogen-bond donors (Lipinski definition) is 0. The normalized spacial score (nSPS) is 20.5. The minimum atomic E-state index is -4.89. The number of ether oxygens (including phenoxy) is 1. The Morgan fingerprint density at radius 1 is 1.29 bits per heavy atom. The van der Waals surface area contributed by atoms with Crippen LogP contribution in [0.2, 0.25) is 0 Å². The third kappa shape index (κ3) is 3.71. The van der Waals surface area contributed by atoms with Crippen molar-refractivity contribution in [2.24, 2.45) is 0 Å². The lowest BCUT2D eigenvalue weighted by molar-refractivity contribution is 0.143. The Kier molecular flexibility index (Phi) is 4.01. The average Bonchev–Trinajstić information content (AvgIpc) is 2.31. The molecule has 0 N–H and O–H groups in total. The fourth-order valence-electron chi connectivity index (χ4n) is 1.35. The molecule has 82 valence electrons. The topological polar surface area (TPSA) is 12.5 Å². The van der Waals surface area contributed by atoms with Crippen LogP contribution in [-0.4, -0.2) is 44.7 Å². The number of rotatable bonds is 3. The Morgan fingerprint density at radius 3 is 2.64 bits per heavy atom. The minimum Gasteiger partial charge on any atom is -0.445 e. The molecule has 0 saturated carbocycles. The molecule has 1 rings (SSSR count). The molecule has 14 heavy (non-hydrogen) atoms. The molecule has 0 amide bonds. The molecule has 0 radical (unpaired) electrons. The Labute approximate surface area is 81.8 Å². The zero-order valence-corrected chi connectivity index (χ0v) is 8.02. The van der Waals surface area contributed by atoms with Gasteiger partial charge < -0.3 is 22.6 Å². The molecular weight excluding hydrogens is 194 g/mol. The van der Waals surface area contributed by atoms with E-state index in [1.54, 1.807) is 4.90 Å². The molecule has 0 aliphatic carbocycles. The van der Waals surface area contributed by atoms with Gasteiger partial charge in [-0.15, -0.1) is 12.1 Å². The van der Waals surface area contributed by atoms with Gasteiger partial charge in [-0.1, -0.05) is 0 Å². The van der Waals surface area contributed by atoms with Gasteiger partial charge in [-0.2, -0.15) is 0 Å². The molecule has 0 aromatic rings. The Morgan fingerprint density at radius 2 is 2.00 bits per heavy atom. The van der Waals surface area contributed by atoms with Crippen molar-refractivity contribution < 1.29 is 17.7 Å². The number of hydrogen-bond acceptors (Lipinski definition) is 2. The van der Waals surface area contributed by atoms with Crippen LogP contribution in [-0.2, 0) is 4.74 Å². The van der Waals surface area contributed by atoms with Crippen LogP contribution in [0.1, 0.15) is 6.42 Å². The predicted octanol–water partition coefficient (Wildman–Crippen LogP) is 1.65. The fourth-order valence-corrected chi connectivity index (χ4v) is 1.35. The van der Waals surface area contributed by atoms with E-state index in [1.807, 2.05) is 0 Å². The van der Waals surface area contributed by atoms with Crippen molar-refractivity contribution in [3.8, 4) is 0 Å². The molecule has 1 aliphatic rings. The van der Waals surface area contributed by atoms with Crippen LogP contribution in [0.4, 0.5) is 12.9 Å². The van der Waals surface area contributed by atoms with Crippen LogP contribution >= 0.6 is 0 Å². The van der Waals surface area contributed by atoms with Gasteiger partial charge in [0.15, 0.2) is 0 Å². The summed E-state index contributed by atoms with van der Waals surface area (Å²) in [5.41, 5.74) is -0.619. The maximum atomic E-state index is 12.2. The largest absolute Gasteiger partial charge is 0.506 e. The van der Waals surface area contributed by atoms with Crippen molar-refractivity contribution >= 4 is 6.98 Å². The summed E-state index contributed by atoms with van der Waals surface area (Å²) < 4.78 is 41.8. The van der Waals surface area contributed by atoms with E-state index in [-0.39, 0.29) is 6.54 Å². The van der Waals surface area contributed by atoms with Crippen LogP contribution < -0.4 is 0 Å². The van der Waals surface area contributed by atoms with Gasteiger partial charge in [0.1, 0.15) is 0 Å². The Balaban J connectivity index is 2.38. The maximum absolute atomic E-state index is 12.2. The standard InChI is InChI=1S/C8H14BF3NO/c1-8(9(10,11)12)7-13-3-2-5-14-6-4-13/h1-7H2/q-1. The van der Waals surface area contributed by atoms with Crippen LogP contribution in [0.15, 0.2) is 12.1 Å². The fraction of sp³-hybridized carbons (Fsp3) is 0.750. The van der Waals surface area contributed by atoms with Gasteiger partial charge in [-0.05, 0) is 13.0 Å². The first-order valence-electron chi connectivity index (χ1n) is 4.68. The Hall–Kier alpha value is -0.485. The molecule has 1 aliphatic heterocycles. The molecule has 0 aromatic carbocycles. The highest BCUT2D eigenvalue weighted by atomic mass is 19.4. The maximum Gasteiger partial charge on any atom is 0.506 e. The van der Waals surface area contributed by atoms with E-state index in [1.165, 1.54) is 0 Å². The lowest BCUT2D eigenvalue weighted by atomic mass is 9.80. The number of nitrogens with zero attached hydrogens (tertiary/aromatic N) is 1. The summed E-state index contributed by atoms with van der Waals surface area (Å²) in [6.07, 6.45) is 0.790. The Bertz CT molecular complexity index is 199. The molecule has 0 spiro atoms. The van der Waals surface area contributed by atoms with E-state index in [4.69, 9.17) is 4.74 Å². The third-order valence-electron chi connectivity index (χ3n) is 2.20. The van der Waals surface area contributed by atoms with Crippen LogP contribution in [0.25, 0.3) is 0 Å². The molecule has 6 heteroatoms. The van der Waals surface area contributed by atoms with Crippen molar-refractivity contribution in [3.63, 3.8) is 0 Å². The van der Waals surface area contributed by atoms with Crippen molar-refractivity contribution in [2.45, 2.75) is 6.42 Å². The summed E-state index contributed by atoms with van der Waals surface area (Å²) in [4.78, 5) is 1.74. The second-order valence-electron chi connectivity index (χ2n) is 3.48. The first kappa shape index (κ1) is 11.6. The summed E-state index contributed by atoms with van der Waals surface area (Å²) in [7, 11) is 0. The van der Waals surface area contributed by atoms with Crippen molar-refractivity contribution in [3.05, 3.63) is 12.1 Å². The van der Waals surface area contributed by atoms with Crippen LogP contribution in [0.3, 0.4) is 0 Å². The second kappa shape index (κ2) is 4.84. The van der Waals surface area contributed by atoms with Crippen molar-refractivity contribution in [2.75, 3.05) is 32.8 Å². The highest BCUT2D eigenvalue weighted by molar-refractivity contribution is 6.66. The first-order chi connectivity index (χ1) is 6.50. The summed E-state index contributed by atoms with van der Waals surface area (Å²) in [5, 5.41) is 0. The zero-order valence-electron chi connectivity index (χ0n) is 8.02. The quantitative estimate of drug-likeness (QED) is 0.653. The smallest absolute Gasteiger partial charge is 0.445 e. The van der Waals surface area contributed by atoms with E-state index in [0.29, 0.717) is 26.3 Å². The molecule has 1 heterocycles. The van der Waals surface area contributed by atoms with Gasteiger partial charge in [0, 0.05) is 19.7 Å². The van der Waals surface area contributed by atoms with Gasteiger partial charge >= 0.3 is 6.98 Å². The van der Waals surface area contributed by atoms with E-state index >= 15 is 0 Å². The van der Waals surface area contributed by atoms with Crippen molar-refractivity contribution in [1.29, 1.82) is 0 Å². The lowest BCUT2D eigenvalue weighted by Crippen LogP contribution is -2.34. The van der Waals surface area contributed by atoms with Crippen LogP contribution in [0, 0.1) is 0 Å². The third-order valence-corrected chi connectivity index (χ3v) is 2.20. The van der Waals surface area contributed by atoms with E-state index in [0.717, 1.165) is 6.42 Å². The van der Waals surface area contributed by atoms with E-state index in [9.17, 15) is 12.9 Å². The molecule has 0 aromatic heterocycles. The second-order valence-corrected chi connectivity index (χ2v) is 3.48. The highest BCUT2D eigenvalue weighted by Gasteiger charge is 2.27. The molecule has 0 unspecified atom stereocenters. The zero-order chi connectivity index (χ0) is 10.6. The van der Waals surface area contributed by atoms with E-state index < -0.39 is 12.4 Å². The average molecular weight is 208 g/mol. The summed E-state index contributed by atoms with van der Waals surface area (Å²) >= 11 is 0. The van der Waals surface area contributed by atoms with Gasteiger partial charge in [0.05, 0.1) is 6.61 Å². The summed E-state index contributed by atoms with van der Waals surface area (Å²) in [6, 6.07) is 0. The predicted molar refractivity (Wildman–Crippen MR) is 50.1 cm³/mol. The van der Waals surface area contributed by atoms with Gasteiger partial charge in [0.2, 0.25) is 0 Å². The molecule has 1 saturated heterocycles. The molecule has 0 atom stereocenters. The van der Waals surface area contributed by atoms with Gasteiger partial charge in [-0.3, -0.25) is 0 Å². The summed E-state index contributed by atoms with van der Waals surface area (Å²) in [6.45, 7) is 0.478. The van der Waals surface area contributed by atoms with Gasteiger partial charge in [-0.25, -0.2) is 0 Å². The number of halogens is 3. The first-order valence-corrected chi connectivity index (χ1v) is 4.68. The molecule has 2 nitrogen and oxygen atoms in total. The monoisotopic (exact) mass is 208 g/mol. The highest BCUT2D eigenvalue weighted by Crippen LogP contribution is 2.19. The molecular formula is C8H14BF3NO-. The van der Waals surface area contributed by atoms with E-state index in [2.05, 4.69) is 6.58 Å². The minimum absolute atomic E-state index is 0.0765. The molecule has 1 fully saturated rings. The molecule has 0 bridgehead atoms. The van der Waals surface area contributed by atoms with Gasteiger partial charge in [0.25, 0.3) is 0 Å². The lowest BCUT2D eigenvalue weighted by Gasteiger charge is -2.25.